The fourth-order valence-electron chi connectivity index (χ4n) is 3.63. The number of carbonyl (C=O) groups excluding carboxylic acids is 1. The topological polar surface area (TPSA) is 86.9 Å². The van der Waals surface area contributed by atoms with Gasteiger partial charge in [0.1, 0.15) is 11.4 Å². The van der Waals surface area contributed by atoms with E-state index >= 15 is 0 Å². The monoisotopic (exact) mass is 416 g/mol. The number of rotatable bonds is 6. The van der Waals surface area contributed by atoms with Crippen LogP contribution in [-0.2, 0) is 6.54 Å². The molecule has 0 aliphatic heterocycles. The number of benzene rings is 2. The number of carbonyl (C=O) groups is 1. The third kappa shape index (κ3) is 4.05. The lowest BCUT2D eigenvalue weighted by atomic mass is 10.2. The molecule has 2 heterocycles. The van der Waals surface area contributed by atoms with Gasteiger partial charge >= 0.3 is 0 Å². The molecule has 0 spiro atoms. The van der Waals surface area contributed by atoms with Gasteiger partial charge in [0.15, 0.2) is 5.82 Å². The second-order valence-corrected chi connectivity index (χ2v) is 7.34. The maximum Gasteiger partial charge on any atom is 0.257 e. The molecular formula is C23H24N6O2. The molecule has 0 saturated heterocycles. The van der Waals surface area contributed by atoms with E-state index in [0.29, 0.717) is 28.5 Å². The quantitative estimate of drug-likeness (QED) is 0.518. The first-order valence-corrected chi connectivity index (χ1v) is 9.93. The lowest BCUT2D eigenvalue weighted by Crippen LogP contribution is -2.14. The third-order valence-electron chi connectivity index (χ3n) is 5.29. The molecule has 4 rings (SSSR count). The van der Waals surface area contributed by atoms with Gasteiger partial charge in [0.25, 0.3) is 5.91 Å². The molecule has 31 heavy (non-hydrogen) atoms. The molecule has 8 heteroatoms. The molecule has 0 fully saturated rings. The summed E-state index contributed by atoms with van der Waals surface area (Å²) in [5, 5.41) is 14.6. The van der Waals surface area contributed by atoms with Crippen molar-refractivity contribution in [2.45, 2.75) is 27.3 Å². The highest BCUT2D eigenvalue weighted by atomic mass is 16.5. The molecule has 0 aliphatic carbocycles. The zero-order valence-corrected chi connectivity index (χ0v) is 18.0. The van der Waals surface area contributed by atoms with Crippen LogP contribution in [0.25, 0.3) is 5.69 Å². The summed E-state index contributed by atoms with van der Waals surface area (Å²) in [6.45, 7) is 6.50. The predicted molar refractivity (Wildman–Crippen MR) is 118 cm³/mol. The molecule has 0 bridgehead atoms. The number of hydrogen-bond donors (Lipinski definition) is 1. The van der Waals surface area contributed by atoms with E-state index in [2.05, 4.69) is 37.5 Å². The summed E-state index contributed by atoms with van der Waals surface area (Å²) in [7, 11) is 1.58. The maximum absolute atomic E-state index is 13.1. The van der Waals surface area contributed by atoms with Crippen molar-refractivity contribution in [3.8, 4) is 11.4 Å². The molecular weight excluding hydrogens is 392 g/mol. The molecule has 1 N–H and O–H groups in total. The van der Waals surface area contributed by atoms with E-state index in [1.54, 1.807) is 36.9 Å². The average Bonchev–Trinajstić information content (AvgIpc) is 3.32. The Kier molecular flexibility index (Phi) is 5.53. The van der Waals surface area contributed by atoms with E-state index in [-0.39, 0.29) is 5.91 Å². The largest absolute Gasteiger partial charge is 0.494 e. The maximum atomic E-state index is 13.1. The first-order chi connectivity index (χ1) is 15.0. The molecule has 0 atom stereocenters. The summed E-state index contributed by atoms with van der Waals surface area (Å²) in [5.74, 6) is 1.05. The van der Waals surface area contributed by atoms with Gasteiger partial charge < -0.3 is 14.6 Å². The number of methoxy groups -OCH3 is 1. The van der Waals surface area contributed by atoms with E-state index < -0.39 is 0 Å². The molecule has 0 unspecified atom stereocenters. The van der Waals surface area contributed by atoms with Crippen LogP contribution in [0.15, 0.2) is 54.6 Å². The van der Waals surface area contributed by atoms with E-state index in [1.165, 1.54) is 5.56 Å². The van der Waals surface area contributed by atoms with Gasteiger partial charge in [-0.15, -0.1) is 5.10 Å². The summed E-state index contributed by atoms with van der Waals surface area (Å²) in [6, 6.07) is 17.5. The van der Waals surface area contributed by atoms with Crippen molar-refractivity contribution in [3.05, 3.63) is 82.9 Å². The predicted octanol–water partition coefficient (Wildman–Crippen LogP) is 3.70. The Hall–Kier alpha value is -3.94. The number of tetrazole rings is 1. The average molecular weight is 416 g/mol. The Balaban J connectivity index is 1.60. The first kappa shape index (κ1) is 20.3. The highest BCUT2D eigenvalue weighted by Crippen LogP contribution is 2.27. The SMILES string of the molecule is COc1ccc(NC(=O)c2cc(C)n(Cc3ccccc3)c2C)cc1-n1nnnc1C. The summed E-state index contributed by atoms with van der Waals surface area (Å²) >= 11 is 0. The number of ether oxygens (including phenoxy) is 1. The summed E-state index contributed by atoms with van der Waals surface area (Å²) in [4.78, 5) is 13.1. The van der Waals surface area contributed by atoms with Crippen LogP contribution in [-0.4, -0.2) is 37.8 Å². The zero-order chi connectivity index (χ0) is 22.0. The molecule has 8 nitrogen and oxygen atoms in total. The van der Waals surface area contributed by atoms with Crippen LogP contribution >= 0.6 is 0 Å². The number of aromatic nitrogens is 5. The smallest absolute Gasteiger partial charge is 0.257 e. The summed E-state index contributed by atoms with van der Waals surface area (Å²) in [5.41, 5.74) is 5.06. The third-order valence-corrected chi connectivity index (χ3v) is 5.29. The van der Waals surface area contributed by atoms with Crippen LogP contribution in [0.4, 0.5) is 5.69 Å². The summed E-state index contributed by atoms with van der Waals surface area (Å²) < 4.78 is 9.15. The Morgan fingerprint density at radius 1 is 1.06 bits per heavy atom. The minimum atomic E-state index is -0.169. The van der Waals surface area contributed by atoms with Crippen molar-refractivity contribution < 1.29 is 9.53 Å². The van der Waals surface area contributed by atoms with Crippen molar-refractivity contribution in [1.29, 1.82) is 0 Å². The van der Waals surface area contributed by atoms with Crippen LogP contribution in [0.3, 0.4) is 0 Å². The number of nitrogens with one attached hydrogen (secondary N) is 1. The minimum absolute atomic E-state index is 0.169. The van der Waals surface area contributed by atoms with Crippen molar-refractivity contribution in [3.63, 3.8) is 0 Å². The fourth-order valence-corrected chi connectivity index (χ4v) is 3.63. The second-order valence-electron chi connectivity index (χ2n) is 7.34. The van der Waals surface area contributed by atoms with Gasteiger partial charge in [-0.3, -0.25) is 4.79 Å². The van der Waals surface area contributed by atoms with Gasteiger partial charge in [-0.25, -0.2) is 0 Å². The van der Waals surface area contributed by atoms with Crippen LogP contribution in [0.2, 0.25) is 0 Å². The van der Waals surface area contributed by atoms with Gasteiger partial charge in [-0.1, -0.05) is 30.3 Å². The molecule has 158 valence electrons. The fraction of sp³-hybridized carbons (Fsp3) is 0.217. The second kappa shape index (κ2) is 8.43. The van der Waals surface area contributed by atoms with E-state index in [0.717, 1.165) is 17.9 Å². The zero-order valence-electron chi connectivity index (χ0n) is 18.0. The molecule has 0 radical (unpaired) electrons. The standard InChI is InChI=1S/C23H24N6O2/c1-15-12-20(16(2)28(15)14-18-8-6-5-7-9-18)23(30)24-19-10-11-22(31-4)21(13-19)29-17(3)25-26-27-29/h5-13H,14H2,1-4H3,(H,24,30). The number of aryl methyl sites for hydroxylation is 2. The van der Waals surface area contributed by atoms with Crippen LogP contribution in [0, 0.1) is 20.8 Å². The van der Waals surface area contributed by atoms with Gasteiger partial charge in [-0.05, 0) is 61.0 Å². The van der Waals surface area contributed by atoms with Gasteiger partial charge in [0, 0.05) is 23.6 Å². The van der Waals surface area contributed by atoms with Gasteiger partial charge in [0.05, 0.1) is 12.7 Å². The molecule has 4 aromatic rings. The van der Waals surface area contributed by atoms with E-state index in [9.17, 15) is 4.79 Å². The minimum Gasteiger partial charge on any atom is -0.494 e. The molecule has 2 aromatic heterocycles. The van der Waals surface area contributed by atoms with Crippen molar-refractivity contribution in [2.75, 3.05) is 12.4 Å². The highest BCUT2D eigenvalue weighted by molar-refractivity contribution is 6.05. The van der Waals surface area contributed by atoms with E-state index in [4.69, 9.17) is 4.74 Å². The molecule has 0 saturated carbocycles. The number of nitrogens with zero attached hydrogens (tertiary/aromatic N) is 5. The van der Waals surface area contributed by atoms with Crippen molar-refractivity contribution in [1.82, 2.24) is 24.8 Å². The normalized spacial score (nSPS) is 10.8. The van der Waals surface area contributed by atoms with Gasteiger partial charge in [-0.2, -0.15) is 4.68 Å². The Morgan fingerprint density at radius 2 is 1.84 bits per heavy atom. The number of anilines is 1. The molecule has 2 aromatic carbocycles. The number of hydrogen-bond acceptors (Lipinski definition) is 5. The number of amides is 1. The van der Waals surface area contributed by atoms with E-state index in [1.807, 2.05) is 38.1 Å². The Labute approximate surface area is 180 Å². The van der Waals surface area contributed by atoms with Crippen LogP contribution in [0.1, 0.15) is 33.1 Å². The van der Waals surface area contributed by atoms with Crippen LogP contribution in [0.5, 0.6) is 5.75 Å². The Bertz CT molecular complexity index is 1230. The van der Waals surface area contributed by atoms with Crippen LogP contribution < -0.4 is 10.1 Å². The van der Waals surface area contributed by atoms with Crippen molar-refractivity contribution >= 4 is 11.6 Å². The lowest BCUT2D eigenvalue weighted by molar-refractivity contribution is 0.102. The van der Waals surface area contributed by atoms with Gasteiger partial charge in [0.2, 0.25) is 0 Å². The van der Waals surface area contributed by atoms with Crippen molar-refractivity contribution in [2.24, 2.45) is 0 Å². The molecule has 1 amide bonds. The molecule has 0 aliphatic rings. The Morgan fingerprint density at radius 3 is 2.52 bits per heavy atom. The highest BCUT2D eigenvalue weighted by Gasteiger charge is 2.18. The summed E-state index contributed by atoms with van der Waals surface area (Å²) in [6.07, 6.45) is 0. The first-order valence-electron chi connectivity index (χ1n) is 9.93. The lowest BCUT2D eigenvalue weighted by Gasteiger charge is -2.12.